The van der Waals surface area contributed by atoms with E-state index in [0.717, 1.165) is 22.4 Å². The Morgan fingerprint density at radius 1 is 1.13 bits per heavy atom. The predicted octanol–water partition coefficient (Wildman–Crippen LogP) is 3.99. The zero-order valence-electron chi connectivity index (χ0n) is 12.8. The standard InChI is InChI=1S/C18H16N2O3/c1-11-3-8-15-14(9-11)16(10-17(20-15)18(21)22)19-12-4-6-13(23-2)7-5-12/h3-10H,1-2H3,(H,19,20)(H,21,22). The summed E-state index contributed by atoms with van der Waals surface area (Å²) in [6.07, 6.45) is 0. The number of methoxy groups -OCH3 is 1. The second-order valence-electron chi connectivity index (χ2n) is 5.23. The van der Waals surface area contributed by atoms with Crippen LogP contribution in [0.25, 0.3) is 10.9 Å². The lowest BCUT2D eigenvalue weighted by Crippen LogP contribution is -2.03. The van der Waals surface area contributed by atoms with Gasteiger partial charge >= 0.3 is 5.97 Å². The fraction of sp³-hybridized carbons (Fsp3) is 0.111. The van der Waals surface area contributed by atoms with Gasteiger partial charge in [0.2, 0.25) is 0 Å². The van der Waals surface area contributed by atoms with Gasteiger partial charge in [-0.05, 0) is 49.4 Å². The smallest absolute Gasteiger partial charge is 0.354 e. The molecule has 0 saturated heterocycles. The lowest BCUT2D eigenvalue weighted by molar-refractivity contribution is 0.0691. The van der Waals surface area contributed by atoms with Crippen LogP contribution in [0.5, 0.6) is 5.75 Å². The number of hydrogen-bond acceptors (Lipinski definition) is 4. The number of benzene rings is 2. The molecule has 0 fully saturated rings. The van der Waals surface area contributed by atoms with E-state index in [0.29, 0.717) is 11.2 Å². The summed E-state index contributed by atoms with van der Waals surface area (Å²) < 4.78 is 5.14. The number of aryl methyl sites for hydroxylation is 1. The highest BCUT2D eigenvalue weighted by Crippen LogP contribution is 2.28. The highest BCUT2D eigenvalue weighted by Gasteiger charge is 2.11. The molecule has 3 aromatic rings. The summed E-state index contributed by atoms with van der Waals surface area (Å²) in [5.41, 5.74) is 3.29. The molecule has 0 aliphatic heterocycles. The number of carboxylic acids is 1. The summed E-state index contributed by atoms with van der Waals surface area (Å²) in [6.45, 7) is 1.99. The number of nitrogens with one attached hydrogen (secondary N) is 1. The van der Waals surface area contributed by atoms with Crippen molar-refractivity contribution in [3.63, 3.8) is 0 Å². The van der Waals surface area contributed by atoms with Crippen molar-refractivity contribution in [2.45, 2.75) is 6.92 Å². The van der Waals surface area contributed by atoms with Gasteiger partial charge in [0.15, 0.2) is 5.69 Å². The second-order valence-corrected chi connectivity index (χ2v) is 5.23. The van der Waals surface area contributed by atoms with Crippen LogP contribution in [0, 0.1) is 6.92 Å². The number of rotatable bonds is 4. The summed E-state index contributed by atoms with van der Waals surface area (Å²) >= 11 is 0. The van der Waals surface area contributed by atoms with E-state index in [-0.39, 0.29) is 5.69 Å². The third kappa shape index (κ3) is 3.08. The quantitative estimate of drug-likeness (QED) is 0.762. The van der Waals surface area contributed by atoms with Gasteiger partial charge in [-0.1, -0.05) is 11.6 Å². The SMILES string of the molecule is COc1ccc(Nc2cc(C(=O)O)nc3ccc(C)cc23)cc1. The lowest BCUT2D eigenvalue weighted by atomic mass is 10.1. The number of ether oxygens (including phenoxy) is 1. The highest BCUT2D eigenvalue weighted by atomic mass is 16.5. The number of fused-ring (bicyclic) bond motifs is 1. The molecule has 2 aromatic carbocycles. The Bertz CT molecular complexity index is 873. The van der Waals surface area contributed by atoms with Gasteiger partial charge in [-0.25, -0.2) is 9.78 Å². The number of carbonyl (C=O) groups is 1. The maximum atomic E-state index is 11.3. The summed E-state index contributed by atoms with van der Waals surface area (Å²) in [5.74, 6) is -0.289. The van der Waals surface area contributed by atoms with E-state index in [1.807, 2.05) is 49.4 Å². The molecule has 0 unspecified atom stereocenters. The molecule has 2 N–H and O–H groups in total. The molecule has 116 valence electrons. The molecule has 5 nitrogen and oxygen atoms in total. The summed E-state index contributed by atoms with van der Waals surface area (Å²) in [7, 11) is 1.61. The van der Waals surface area contributed by atoms with Crippen molar-refractivity contribution in [1.29, 1.82) is 0 Å². The van der Waals surface area contributed by atoms with Crippen LogP contribution in [0.4, 0.5) is 11.4 Å². The van der Waals surface area contributed by atoms with E-state index in [2.05, 4.69) is 10.3 Å². The maximum absolute atomic E-state index is 11.3. The maximum Gasteiger partial charge on any atom is 0.354 e. The number of anilines is 2. The second kappa shape index (κ2) is 5.96. The average Bonchev–Trinajstić information content (AvgIpc) is 2.55. The van der Waals surface area contributed by atoms with Gasteiger partial charge in [-0.2, -0.15) is 0 Å². The van der Waals surface area contributed by atoms with Gasteiger partial charge in [0.1, 0.15) is 5.75 Å². The number of pyridine rings is 1. The molecule has 5 heteroatoms. The highest BCUT2D eigenvalue weighted by molar-refractivity contribution is 5.98. The Morgan fingerprint density at radius 3 is 2.52 bits per heavy atom. The molecule has 0 aliphatic carbocycles. The normalized spacial score (nSPS) is 10.5. The summed E-state index contributed by atoms with van der Waals surface area (Å²) in [4.78, 5) is 15.5. The third-order valence-corrected chi connectivity index (χ3v) is 3.55. The van der Waals surface area contributed by atoms with Crippen LogP contribution in [0.3, 0.4) is 0 Å². The van der Waals surface area contributed by atoms with E-state index in [9.17, 15) is 9.90 Å². The van der Waals surface area contributed by atoms with Gasteiger partial charge in [0.05, 0.1) is 18.3 Å². The zero-order chi connectivity index (χ0) is 16.4. The molecule has 0 saturated carbocycles. The van der Waals surface area contributed by atoms with Gasteiger partial charge in [0.25, 0.3) is 0 Å². The number of carboxylic acid groups (broad SMARTS) is 1. The first kappa shape index (κ1) is 14.8. The number of aromatic carboxylic acids is 1. The van der Waals surface area contributed by atoms with E-state index in [4.69, 9.17) is 4.74 Å². The van der Waals surface area contributed by atoms with Crippen LogP contribution < -0.4 is 10.1 Å². The molecular weight excluding hydrogens is 292 g/mol. The van der Waals surface area contributed by atoms with Gasteiger partial charge in [-0.3, -0.25) is 0 Å². The van der Waals surface area contributed by atoms with Crippen LogP contribution in [-0.4, -0.2) is 23.2 Å². The van der Waals surface area contributed by atoms with E-state index in [1.54, 1.807) is 13.2 Å². The molecule has 0 amide bonds. The molecule has 3 rings (SSSR count). The fourth-order valence-electron chi connectivity index (χ4n) is 2.38. The number of nitrogens with zero attached hydrogens (tertiary/aromatic N) is 1. The Labute approximate surface area is 133 Å². The monoisotopic (exact) mass is 308 g/mol. The number of hydrogen-bond donors (Lipinski definition) is 2. The molecular formula is C18H16N2O3. The van der Waals surface area contributed by atoms with E-state index >= 15 is 0 Å². The summed E-state index contributed by atoms with van der Waals surface area (Å²) in [6, 6.07) is 14.7. The Balaban J connectivity index is 2.09. The molecule has 1 aromatic heterocycles. The van der Waals surface area contributed by atoms with Crippen LogP contribution >= 0.6 is 0 Å². The van der Waals surface area contributed by atoms with E-state index in [1.165, 1.54) is 0 Å². The molecule has 0 spiro atoms. The van der Waals surface area contributed by atoms with Crippen LogP contribution in [-0.2, 0) is 0 Å². The third-order valence-electron chi connectivity index (χ3n) is 3.55. The van der Waals surface area contributed by atoms with Crippen LogP contribution in [0.1, 0.15) is 16.1 Å². The van der Waals surface area contributed by atoms with Gasteiger partial charge < -0.3 is 15.2 Å². The Kier molecular flexibility index (Phi) is 3.85. The minimum Gasteiger partial charge on any atom is -0.497 e. The average molecular weight is 308 g/mol. The molecule has 23 heavy (non-hydrogen) atoms. The molecule has 0 atom stereocenters. The van der Waals surface area contributed by atoms with E-state index < -0.39 is 5.97 Å². The minimum atomic E-state index is -1.05. The Hall–Kier alpha value is -3.08. The van der Waals surface area contributed by atoms with Crippen molar-refractivity contribution in [1.82, 2.24) is 4.98 Å². The first-order valence-electron chi connectivity index (χ1n) is 7.12. The van der Waals surface area contributed by atoms with Crippen molar-refractivity contribution < 1.29 is 14.6 Å². The first-order valence-corrected chi connectivity index (χ1v) is 7.12. The molecule has 0 radical (unpaired) electrons. The minimum absolute atomic E-state index is 0.0114. The van der Waals surface area contributed by atoms with Gasteiger partial charge in [0, 0.05) is 11.1 Å². The van der Waals surface area contributed by atoms with Crippen molar-refractivity contribution in [2.24, 2.45) is 0 Å². The summed E-state index contributed by atoms with van der Waals surface area (Å²) in [5, 5.41) is 13.4. The van der Waals surface area contributed by atoms with Crippen molar-refractivity contribution >= 4 is 28.2 Å². The van der Waals surface area contributed by atoms with Crippen LogP contribution in [0.15, 0.2) is 48.5 Å². The van der Waals surface area contributed by atoms with Crippen molar-refractivity contribution in [3.8, 4) is 5.75 Å². The van der Waals surface area contributed by atoms with Crippen LogP contribution in [0.2, 0.25) is 0 Å². The fourth-order valence-corrected chi connectivity index (χ4v) is 2.38. The Morgan fingerprint density at radius 2 is 1.87 bits per heavy atom. The van der Waals surface area contributed by atoms with Crippen molar-refractivity contribution in [3.05, 3.63) is 59.8 Å². The molecule has 0 bridgehead atoms. The number of aromatic nitrogens is 1. The lowest BCUT2D eigenvalue weighted by Gasteiger charge is -2.12. The predicted molar refractivity (Wildman–Crippen MR) is 89.7 cm³/mol. The first-order chi connectivity index (χ1) is 11.1. The van der Waals surface area contributed by atoms with Gasteiger partial charge in [-0.15, -0.1) is 0 Å². The zero-order valence-corrected chi connectivity index (χ0v) is 12.8. The molecule has 0 aliphatic rings. The topological polar surface area (TPSA) is 71.5 Å². The van der Waals surface area contributed by atoms with Crippen molar-refractivity contribution in [2.75, 3.05) is 12.4 Å². The molecule has 1 heterocycles. The largest absolute Gasteiger partial charge is 0.497 e.